The molecule has 1 saturated heterocycles. The number of hydrogen-bond donors (Lipinski definition) is 2. The summed E-state index contributed by atoms with van der Waals surface area (Å²) in [5.41, 5.74) is 4.90. The smallest absolute Gasteiger partial charge is 0.335 e. The van der Waals surface area contributed by atoms with Gasteiger partial charge in [0.15, 0.2) is 0 Å². The number of aromatic nitrogens is 1. The van der Waals surface area contributed by atoms with E-state index >= 15 is 0 Å². The molecule has 2 N–H and O–H groups in total. The summed E-state index contributed by atoms with van der Waals surface area (Å²) in [5.74, 6) is -0.00518. The van der Waals surface area contributed by atoms with E-state index in [1.807, 2.05) is 18.3 Å². The number of piperazine rings is 1. The lowest BCUT2D eigenvalue weighted by Gasteiger charge is -2.42. The number of H-pyrrole nitrogens is 1. The number of benzene rings is 2. The molecule has 1 aliphatic rings. The molecule has 0 amide bonds. The third-order valence-electron chi connectivity index (χ3n) is 6.42. The number of aromatic carboxylic acids is 1. The number of aryl methyl sites for hydroxylation is 1. The molecule has 3 aromatic rings. The lowest BCUT2D eigenvalue weighted by Crippen LogP contribution is -2.48. The lowest BCUT2D eigenvalue weighted by molar-refractivity contribution is 0.0506. The van der Waals surface area contributed by atoms with Crippen LogP contribution in [-0.4, -0.2) is 72.9 Å². The maximum atomic E-state index is 11.3. The monoisotopic (exact) mass is 437 g/mol. The molecule has 7 heteroatoms. The average Bonchev–Trinajstić information content (AvgIpc) is 3.30. The molecular weight excluding hydrogens is 406 g/mol. The normalized spacial score (nSPS) is 17.7. The van der Waals surface area contributed by atoms with E-state index in [1.54, 1.807) is 26.4 Å². The fraction of sp³-hybridized carbons (Fsp3) is 0.400. The van der Waals surface area contributed by atoms with E-state index in [1.165, 1.54) is 10.9 Å². The van der Waals surface area contributed by atoms with Crippen LogP contribution in [0.1, 0.15) is 33.1 Å². The Morgan fingerprint density at radius 1 is 1.19 bits per heavy atom. The minimum Gasteiger partial charge on any atom is -0.496 e. The summed E-state index contributed by atoms with van der Waals surface area (Å²) in [5, 5.41) is 10.5. The van der Waals surface area contributed by atoms with Gasteiger partial charge in [-0.2, -0.15) is 0 Å². The van der Waals surface area contributed by atoms with E-state index in [-0.39, 0.29) is 6.04 Å². The van der Waals surface area contributed by atoms with Crippen molar-refractivity contribution in [3.8, 4) is 5.75 Å². The van der Waals surface area contributed by atoms with Crippen LogP contribution in [0.5, 0.6) is 5.75 Å². The minimum absolute atomic E-state index is 0.142. The van der Waals surface area contributed by atoms with Gasteiger partial charge in [0, 0.05) is 68.5 Å². The van der Waals surface area contributed by atoms with Crippen molar-refractivity contribution in [1.82, 2.24) is 14.8 Å². The van der Waals surface area contributed by atoms with Crippen molar-refractivity contribution in [3.63, 3.8) is 0 Å². The van der Waals surface area contributed by atoms with Crippen molar-refractivity contribution >= 4 is 16.9 Å². The first kappa shape index (κ1) is 22.3. The van der Waals surface area contributed by atoms with Crippen molar-refractivity contribution in [2.24, 2.45) is 0 Å². The van der Waals surface area contributed by atoms with E-state index in [0.29, 0.717) is 12.2 Å². The largest absolute Gasteiger partial charge is 0.496 e. The van der Waals surface area contributed by atoms with Crippen LogP contribution in [0.3, 0.4) is 0 Å². The fourth-order valence-electron chi connectivity index (χ4n) is 4.64. The van der Waals surface area contributed by atoms with Gasteiger partial charge in [-0.05, 0) is 42.3 Å². The molecule has 0 spiro atoms. The number of carboxylic acids is 1. The number of aromatic amines is 1. The molecular formula is C25H31N3O4. The lowest BCUT2D eigenvalue weighted by atomic mass is 9.98. The Labute approximate surface area is 188 Å². The summed E-state index contributed by atoms with van der Waals surface area (Å²) in [6, 6.07) is 11.6. The minimum atomic E-state index is -0.905. The second-order valence-corrected chi connectivity index (χ2v) is 8.35. The molecule has 0 saturated carbocycles. The molecule has 0 aliphatic carbocycles. The number of rotatable bonds is 8. The van der Waals surface area contributed by atoms with Crippen molar-refractivity contribution in [3.05, 3.63) is 64.8 Å². The van der Waals surface area contributed by atoms with E-state index in [2.05, 4.69) is 33.8 Å². The first-order chi connectivity index (χ1) is 15.5. The Balaban J connectivity index is 1.67. The molecule has 2 heterocycles. The molecule has 32 heavy (non-hydrogen) atoms. The zero-order chi connectivity index (χ0) is 22.7. The number of carboxylic acid groups (broad SMARTS) is 1. The highest BCUT2D eigenvalue weighted by Crippen LogP contribution is 2.35. The third-order valence-corrected chi connectivity index (χ3v) is 6.42. The highest BCUT2D eigenvalue weighted by atomic mass is 16.5. The van der Waals surface area contributed by atoms with Gasteiger partial charge in [-0.1, -0.05) is 12.1 Å². The number of nitrogens with zero attached hydrogens (tertiary/aromatic N) is 2. The number of nitrogens with one attached hydrogen (secondary N) is 1. The highest BCUT2D eigenvalue weighted by molar-refractivity contribution is 5.88. The molecule has 0 unspecified atom stereocenters. The maximum Gasteiger partial charge on any atom is 0.335 e. The average molecular weight is 438 g/mol. The number of ether oxygens (including phenoxy) is 2. The zero-order valence-corrected chi connectivity index (χ0v) is 18.9. The van der Waals surface area contributed by atoms with Gasteiger partial charge in [-0.3, -0.25) is 9.80 Å². The molecule has 1 fully saturated rings. The van der Waals surface area contributed by atoms with Gasteiger partial charge in [-0.15, -0.1) is 0 Å². The Bertz CT molecular complexity index is 1080. The molecule has 170 valence electrons. The summed E-state index contributed by atoms with van der Waals surface area (Å²) < 4.78 is 11.1. The zero-order valence-electron chi connectivity index (χ0n) is 18.9. The Kier molecular flexibility index (Phi) is 6.79. The van der Waals surface area contributed by atoms with Crippen LogP contribution in [0.15, 0.2) is 42.6 Å². The summed E-state index contributed by atoms with van der Waals surface area (Å²) in [6.07, 6.45) is 1.98. The maximum absolute atomic E-state index is 11.3. The van der Waals surface area contributed by atoms with Gasteiger partial charge in [0.05, 0.1) is 19.3 Å². The molecule has 7 nitrogen and oxygen atoms in total. The van der Waals surface area contributed by atoms with Gasteiger partial charge in [0.1, 0.15) is 5.75 Å². The third kappa shape index (κ3) is 4.50. The van der Waals surface area contributed by atoms with Gasteiger partial charge in [0.25, 0.3) is 0 Å². The van der Waals surface area contributed by atoms with Gasteiger partial charge in [-0.25, -0.2) is 4.79 Å². The van der Waals surface area contributed by atoms with Crippen molar-refractivity contribution < 1.29 is 19.4 Å². The first-order valence-electron chi connectivity index (χ1n) is 10.9. The number of carbonyl (C=O) groups is 1. The van der Waals surface area contributed by atoms with Crippen LogP contribution in [-0.2, 0) is 11.3 Å². The standard InChI is InChI=1S/C25H31N3O4/c1-17-14-23(32-3)21(20-8-9-26-24(17)20)15-28-11-10-27(12-13-31-2)16-22(28)18-4-6-19(7-5-18)25(29)30/h4-9,14,22,26H,10-13,15-16H2,1-3H3,(H,29,30)/t22-/m0/s1. The Hall–Kier alpha value is -2.87. The second kappa shape index (κ2) is 9.73. The SMILES string of the molecule is COCCN1CCN(Cc2c(OC)cc(C)c3[nH]ccc23)[C@H](c2ccc(C(=O)O)cc2)C1. The highest BCUT2D eigenvalue weighted by Gasteiger charge is 2.29. The second-order valence-electron chi connectivity index (χ2n) is 8.35. The summed E-state index contributed by atoms with van der Waals surface area (Å²) >= 11 is 0. The van der Waals surface area contributed by atoms with E-state index < -0.39 is 5.97 Å². The van der Waals surface area contributed by atoms with Crippen LogP contribution < -0.4 is 4.74 Å². The van der Waals surface area contributed by atoms with E-state index in [0.717, 1.165) is 55.1 Å². The predicted octanol–water partition coefficient (Wildman–Crippen LogP) is 3.69. The molecule has 4 rings (SSSR count). The Morgan fingerprint density at radius 3 is 2.66 bits per heavy atom. The van der Waals surface area contributed by atoms with Gasteiger partial charge in [0.2, 0.25) is 0 Å². The number of methoxy groups -OCH3 is 2. The summed E-state index contributed by atoms with van der Waals surface area (Å²) in [7, 11) is 3.45. The topological polar surface area (TPSA) is 78.0 Å². The molecule has 1 aliphatic heterocycles. The van der Waals surface area contributed by atoms with E-state index in [9.17, 15) is 9.90 Å². The summed E-state index contributed by atoms with van der Waals surface area (Å²) in [6.45, 7) is 7.13. The van der Waals surface area contributed by atoms with E-state index in [4.69, 9.17) is 9.47 Å². The Morgan fingerprint density at radius 2 is 1.97 bits per heavy atom. The van der Waals surface area contributed by atoms with Crippen molar-refractivity contribution in [2.75, 3.05) is 47.0 Å². The first-order valence-corrected chi connectivity index (χ1v) is 10.9. The van der Waals surface area contributed by atoms with Gasteiger partial charge >= 0.3 is 5.97 Å². The number of fused-ring (bicyclic) bond motifs is 1. The molecule has 0 bridgehead atoms. The summed E-state index contributed by atoms with van der Waals surface area (Å²) in [4.78, 5) is 19.5. The fourth-order valence-corrected chi connectivity index (χ4v) is 4.64. The van der Waals surface area contributed by atoms with Crippen LogP contribution in [0.2, 0.25) is 0 Å². The van der Waals surface area contributed by atoms with Crippen molar-refractivity contribution in [2.45, 2.75) is 19.5 Å². The van der Waals surface area contributed by atoms with Gasteiger partial charge < -0.3 is 19.6 Å². The van der Waals surface area contributed by atoms with Crippen molar-refractivity contribution in [1.29, 1.82) is 0 Å². The van der Waals surface area contributed by atoms with Crippen LogP contribution in [0.4, 0.5) is 0 Å². The van der Waals surface area contributed by atoms with Crippen LogP contribution in [0, 0.1) is 6.92 Å². The number of hydrogen-bond acceptors (Lipinski definition) is 5. The van der Waals surface area contributed by atoms with Crippen LogP contribution in [0.25, 0.3) is 10.9 Å². The quantitative estimate of drug-likeness (QED) is 0.560. The molecule has 1 aromatic heterocycles. The predicted molar refractivity (Wildman–Crippen MR) is 124 cm³/mol. The molecule has 0 radical (unpaired) electrons. The molecule has 1 atom stereocenters. The molecule has 2 aromatic carbocycles. The van der Waals surface area contributed by atoms with Crippen LogP contribution >= 0.6 is 0 Å².